The molecule has 0 spiro atoms. The molecule has 34 heavy (non-hydrogen) atoms. The molecule has 1 aliphatic heterocycles. The van der Waals surface area contributed by atoms with Crippen LogP contribution < -0.4 is 14.5 Å². The van der Waals surface area contributed by atoms with Gasteiger partial charge in [-0.05, 0) is 55.3 Å². The van der Waals surface area contributed by atoms with E-state index in [4.69, 9.17) is 0 Å². The zero-order chi connectivity index (χ0) is 24.5. The molecule has 0 aliphatic carbocycles. The van der Waals surface area contributed by atoms with Crippen LogP contribution in [-0.2, 0) is 4.79 Å². The first-order valence-electron chi connectivity index (χ1n) is 10.8. The molecule has 0 bridgehead atoms. The fourth-order valence-electron chi connectivity index (χ4n) is 4.47. The minimum absolute atomic E-state index is 0.0772. The minimum atomic E-state index is -4.85. The van der Waals surface area contributed by atoms with Crippen LogP contribution in [0.4, 0.5) is 24.5 Å². The van der Waals surface area contributed by atoms with Crippen LogP contribution in [0, 0.1) is 0 Å². The largest absolute Gasteiger partial charge is 0.573 e. The molecule has 0 fully saturated rings. The quantitative estimate of drug-likeness (QED) is 0.464. The standard InChI is InChI=1S/C26H23F3N2O3/c1-17-15-24(31(18(2)32)20-10-4-3-5-11-20)22-13-6-7-14-23(22)30(17)25(33)19-9-8-12-21(16-19)34-26(27,28)29/h3-14,16-17,24H,15H2,1-2H3/t17-,24+/m1/s1. The number of fused-ring (bicyclic) bond motifs is 1. The number of hydrogen-bond acceptors (Lipinski definition) is 3. The Morgan fingerprint density at radius 1 is 0.971 bits per heavy atom. The Morgan fingerprint density at radius 2 is 1.65 bits per heavy atom. The maximum atomic E-state index is 13.5. The van der Waals surface area contributed by atoms with Gasteiger partial charge in [-0.15, -0.1) is 13.2 Å². The van der Waals surface area contributed by atoms with Crippen molar-refractivity contribution >= 4 is 23.2 Å². The summed E-state index contributed by atoms with van der Waals surface area (Å²) in [6, 6.07) is 21.0. The van der Waals surface area contributed by atoms with Crippen molar-refractivity contribution in [1.82, 2.24) is 0 Å². The summed E-state index contributed by atoms with van der Waals surface area (Å²) in [5.41, 5.74) is 2.23. The van der Waals surface area contributed by atoms with E-state index >= 15 is 0 Å². The summed E-state index contributed by atoms with van der Waals surface area (Å²) in [6.07, 6.45) is -4.40. The molecule has 2 amide bonds. The van der Waals surface area contributed by atoms with Gasteiger partial charge in [0.2, 0.25) is 5.91 Å². The van der Waals surface area contributed by atoms with Gasteiger partial charge in [-0.2, -0.15) is 0 Å². The van der Waals surface area contributed by atoms with E-state index in [1.54, 1.807) is 21.9 Å². The number of nitrogens with zero attached hydrogens (tertiary/aromatic N) is 2. The molecule has 0 radical (unpaired) electrons. The van der Waals surface area contributed by atoms with E-state index in [1.165, 1.54) is 19.1 Å². The highest BCUT2D eigenvalue weighted by atomic mass is 19.4. The second kappa shape index (κ2) is 9.21. The summed E-state index contributed by atoms with van der Waals surface area (Å²) in [5, 5.41) is 0. The fourth-order valence-corrected chi connectivity index (χ4v) is 4.47. The number of ether oxygens (including phenoxy) is 1. The number of amides is 2. The first-order valence-corrected chi connectivity index (χ1v) is 10.8. The number of alkyl halides is 3. The van der Waals surface area contributed by atoms with Gasteiger partial charge in [-0.25, -0.2) is 0 Å². The van der Waals surface area contributed by atoms with E-state index < -0.39 is 18.0 Å². The van der Waals surface area contributed by atoms with E-state index in [2.05, 4.69) is 4.74 Å². The van der Waals surface area contributed by atoms with Gasteiger partial charge in [0.1, 0.15) is 5.75 Å². The van der Waals surface area contributed by atoms with Crippen LogP contribution >= 0.6 is 0 Å². The first kappa shape index (κ1) is 23.4. The summed E-state index contributed by atoms with van der Waals surface area (Å²) < 4.78 is 42.0. The molecule has 0 unspecified atom stereocenters. The Morgan fingerprint density at radius 3 is 2.32 bits per heavy atom. The molecule has 4 rings (SSSR count). The SMILES string of the molecule is CC(=O)N(c1ccccc1)[C@H]1C[C@@H](C)N(C(=O)c2cccc(OC(F)(F)F)c2)c2ccccc21. The Hall–Kier alpha value is -3.81. The van der Waals surface area contributed by atoms with Crippen LogP contribution in [0.2, 0.25) is 0 Å². The monoisotopic (exact) mass is 468 g/mol. The third-order valence-electron chi connectivity index (χ3n) is 5.78. The number of halogens is 3. The van der Waals surface area contributed by atoms with Crippen molar-refractivity contribution in [1.29, 1.82) is 0 Å². The number of anilines is 2. The van der Waals surface area contributed by atoms with Crippen LogP contribution in [0.3, 0.4) is 0 Å². The predicted octanol–water partition coefficient (Wildman–Crippen LogP) is 6.12. The number of carbonyl (C=O) groups is 2. The zero-order valence-corrected chi connectivity index (χ0v) is 18.6. The summed E-state index contributed by atoms with van der Waals surface area (Å²) in [6.45, 7) is 3.37. The van der Waals surface area contributed by atoms with Crippen molar-refractivity contribution in [2.24, 2.45) is 0 Å². The van der Waals surface area contributed by atoms with Gasteiger partial charge in [-0.1, -0.05) is 42.5 Å². The van der Waals surface area contributed by atoms with Gasteiger partial charge in [0.05, 0.1) is 6.04 Å². The molecule has 5 nitrogen and oxygen atoms in total. The molecule has 1 aliphatic rings. The average molecular weight is 468 g/mol. The van der Waals surface area contributed by atoms with Crippen molar-refractivity contribution in [2.75, 3.05) is 9.80 Å². The third-order valence-corrected chi connectivity index (χ3v) is 5.78. The third kappa shape index (κ3) is 4.76. The molecule has 0 N–H and O–H groups in total. The highest BCUT2D eigenvalue weighted by Crippen LogP contribution is 2.42. The Kier molecular flexibility index (Phi) is 6.32. The molecule has 8 heteroatoms. The molecule has 176 valence electrons. The van der Waals surface area contributed by atoms with Gasteiger partial charge >= 0.3 is 6.36 Å². The lowest BCUT2D eigenvalue weighted by molar-refractivity contribution is -0.274. The molecule has 2 atom stereocenters. The summed E-state index contributed by atoms with van der Waals surface area (Å²) in [7, 11) is 0. The average Bonchev–Trinajstić information content (AvgIpc) is 2.78. The lowest BCUT2D eigenvalue weighted by Gasteiger charge is -2.43. The topological polar surface area (TPSA) is 49.9 Å². The number of benzene rings is 3. The molecule has 0 saturated heterocycles. The number of carbonyl (C=O) groups excluding carboxylic acids is 2. The highest BCUT2D eigenvalue weighted by Gasteiger charge is 2.38. The van der Waals surface area contributed by atoms with Gasteiger partial charge in [0.15, 0.2) is 0 Å². The van der Waals surface area contributed by atoms with Crippen LogP contribution in [-0.4, -0.2) is 24.2 Å². The predicted molar refractivity (Wildman–Crippen MR) is 123 cm³/mol. The van der Waals surface area contributed by atoms with Crippen LogP contribution in [0.15, 0.2) is 78.9 Å². The summed E-state index contributed by atoms with van der Waals surface area (Å²) in [4.78, 5) is 29.5. The highest BCUT2D eigenvalue weighted by molar-refractivity contribution is 6.07. The van der Waals surface area contributed by atoms with Crippen LogP contribution in [0.25, 0.3) is 0 Å². The molecule has 1 heterocycles. The van der Waals surface area contributed by atoms with E-state index in [-0.39, 0.29) is 23.6 Å². The number of rotatable bonds is 4. The van der Waals surface area contributed by atoms with Gasteiger partial charge in [0.25, 0.3) is 5.91 Å². The molecular formula is C26H23F3N2O3. The number of hydrogen-bond donors (Lipinski definition) is 0. The van der Waals surface area contributed by atoms with E-state index in [1.807, 2.05) is 49.4 Å². The summed E-state index contributed by atoms with van der Waals surface area (Å²) >= 11 is 0. The maximum absolute atomic E-state index is 13.5. The fraction of sp³-hybridized carbons (Fsp3) is 0.231. The van der Waals surface area contributed by atoms with Gasteiger partial charge < -0.3 is 14.5 Å². The second-order valence-corrected chi connectivity index (χ2v) is 8.13. The lowest BCUT2D eigenvalue weighted by atomic mass is 9.89. The Labute approximate surface area is 195 Å². The first-order chi connectivity index (χ1) is 16.2. The van der Waals surface area contributed by atoms with Gasteiger partial charge in [-0.3, -0.25) is 9.59 Å². The molecule has 0 aromatic heterocycles. The number of para-hydroxylation sites is 2. The zero-order valence-electron chi connectivity index (χ0n) is 18.6. The van der Waals surface area contributed by atoms with Crippen LogP contribution in [0.1, 0.15) is 42.2 Å². The maximum Gasteiger partial charge on any atom is 0.573 e. The van der Waals surface area contributed by atoms with E-state index in [9.17, 15) is 22.8 Å². The minimum Gasteiger partial charge on any atom is -0.406 e. The van der Waals surface area contributed by atoms with Crippen molar-refractivity contribution < 1.29 is 27.5 Å². The molecule has 3 aromatic rings. The normalized spacial score (nSPS) is 17.6. The lowest BCUT2D eigenvalue weighted by Crippen LogP contribution is -2.47. The van der Waals surface area contributed by atoms with Crippen molar-refractivity contribution in [3.05, 3.63) is 90.0 Å². The molecule has 0 saturated carbocycles. The van der Waals surface area contributed by atoms with E-state index in [0.29, 0.717) is 12.1 Å². The Bertz CT molecular complexity index is 1200. The van der Waals surface area contributed by atoms with Gasteiger partial charge in [0, 0.05) is 29.9 Å². The summed E-state index contributed by atoms with van der Waals surface area (Å²) in [5.74, 6) is -1.03. The Balaban J connectivity index is 1.73. The van der Waals surface area contributed by atoms with E-state index in [0.717, 1.165) is 23.4 Å². The van der Waals surface area contributed by atoms with Crippen LogP contribution in [0.5, 0.6) is 5.75 Å². The second-order valence-electron chi connectivity index (χ2n) is 8.13. The van der Waals surface area contributed by atoms with Crippen molar-refractivity contribution in [2.45, 2.75) is 38.7 Å². The molecule has 3 aromatic carbocycles. The van der Waals surface area contributed by atoms with Crippen molar-refractivity contribution in [3.63, 3.8) is 0 Å². The molecular weight excluding hydrogens is 445 g/mol. The smallest absolute Gasteiger partial charge is 0.406 e. The van der Waals surface area contributed by atoms with Crippen molar-refractivity contribution in [3.8, 4) is 5.75 Å².